The largest absolute Gasteiger partial charge is 0.496 e. The molecule has 1 atom stereocenters. The van der Waals surface area contributed by atoms with Gasteiger partial charge in [-0.15, -0.1) is 0 Å². The fourth-order valence-corrected chi connectivity index (χ4v) is 2.54. The normalized spacial score (nSPS) is 19.4. The third kappa shape index (κ3) is 3.61. The summed E-state index contributed by atoms with van der Waals surface area (Å²) in [4.78, 5) is 13.3. The summed E-state index contributed by atoms with van der Waals surface area (Å²) in [6.07, 6.45) is 0.990. The van der Waals surface area contributed by atoms with Crippen LogP contribution in [-0.2, 0) is 11.3 Å². The fraction of sp³-hybridized carbons (Fsp3) is 0.500. The van der Waals surface area contributed by atoms with Gasteiger partial charge in [0.2, 0.25) is 5.91 Å². The number of nitrogens with zero attached hydrogens (tertiary/aromatic N) is 1. The molecule has 0 spiro atoms. The van der Waals surface area contributed by atoms with E-state index in [0.29, 0.717) is 0 Å². The van der Waals surface area contributed by atoms with Gasteiger partial charge in [0, 0.05) is 43.9 Å². The van der Waals surface area contributed by atoms with Crippen molar-refractivity contribution < 1.29 is 9.53 Å². The number of hydrogen-bond acceptors (Lipinski definition) is 4. The third-order valence-electron chi connectivity index (χ3n) is 3.38. The molecular formula is C14H21N3O2. The maximum atomic E-state index is 11.0. The van der Waals surface area contributed by atoms with Gasteiger partial charge in [-0.3, -0.25) is 9.69 Å². The van der Waals surface area contributed by atoms with Gasteiger partial charge in [0.05, 0.1) is 7.11 Å². The number of hydrogen-bond donors (Lipinski definition) is 2. The lowest BCUT2D eigenvalue weighted by atomic mass is 10.1. The molecule has 1 aromatic carbocycles. The van der Waals surface area contributed by atoms with Crippen molar-refractivity contribution in [1.29, 1.82) is 0 Å². The highest BCUT2D eigenvalue weighted by Gasteiger charge is 2.23. The highest BCUT2D eigenvalue weighted by molar-refractivity contribution is 5.73. The minimum absolute atomic E-state index is 0.0355. The van der Waals surface area contributed by atoms with Gasteiger partial charge in [-0.1, -0.05) is 0 Å². The van der Waals surface area contributed by atoms with Crippen LogP contribution in [0.25, 0.3) is 0 Å². The molecule has 0 saturated carbocycles. The van der Waals surface area contributed by atoms with Crippen LogP contribution in [0.2, 0.25) is 0 Å². The van der Waals surface area contributed by atoms with Crippen LogP contribution in [-0.4, -0.2) is 37.0 Å². The summed E-state index contributed by atoms with van der Waals surface area (Å²) in [6, 6.07) is 5.94. The van der Waals surface area contributed by atoms with E-state index in [1.807, 2.05) is 18.2 Å². The van der Waals surface area contributed by atoms with E-state index in [0.717, 1.165) is 43.1 Å². The van der Waals surface area contributed by atoms with E-state index in [1.54, 1.807) is 14.0 Å². The molecule has 1 fully saturated rings. The Morgan fingerprint density at radius 1 is 1.58 bits per heavy atom. The van der Waals surface area contributed by atoms with Crippen molar-refractivity contribution in [1.82, 2.24) is 10.2 Å². The molecule has 3 N–H and O–H groups in total. The maximum Gasteiger partial charge on any atom is 0.217 e. The summed E-state index contributed by atoms with van der Waals surface area (Å²) in [5, 5.41) is 2.96. The number of nitrogens with one attached hydrogen (secondary N) is 1. The predicted octanol–water partition coefficient (Wildman–Crippen LogP) is 0.988. The first-order valence-electron chi connectivity index (χ1n) is 6.50. The lowest BCUT2D eigenvalue weighted by Gasteiger charge is -2.18. The first-order chi connectivity index (χ1) is 9.08. The first-order valence-corrected chi connectivity index (χ1v) is 6.50. The molecule has 104 valence electrons. The summed E-state index contributed by atoms with van der Waals surface area (Å²) < 4.78 is 5.35. The van der Waals surface area contributed by atoms with Crippen LogP contribution in [0.4, 0.5) is 5.69 Å². The average molecular weight is 263 g/mol. The minimum atomic E-state index is 0.0355. The maximum absolute atomic E-state index is 11.0. The number of ether oxygens (including phenoxy) is 1. The van der Waals surface area contributed by atoms with Crippen LogP contribution in [0.5, 0.6) is 5.75 Å². The summed E-state index contributed by atoms with van der Waals surface area (Å²) in [5.74, 6) is 0.894. The topological polar surface area (TPSA) is 67.6 Å². The van der Waals surface area contributed by atoms with Crippen LogP contribution in [0.1, 0.15) is 18.9 Å². The van der Waals surface area contributed by atoms with E-state index in [-0.39, 0.29) is 11.9 Å². The van der Waals surface area contributed by atoms with E-state index >= 15 is 0 Å². The van der Waals surface area contributed by atoms with Crippen LogP contribution in [0.15, 0.2) is 18.2 Å². The second-order valence-corrected chi connectivity index (χ2v) is 4.99. The van der Waals surface area contributed by atoms with E-state index in [2.05, 4.69) is 10.2 Å². The zero-order chi connectivity index (χ0) is 13.8. The van der Waals surface area contributed by atoms with Crippen molar-refractivity contribution in [3.63, 3.8) is 0 Å². The number of anilines is 1. The highest BCUT2D eigenvalue weighted by atomic mass is 16.5. The first kappa shape index (κ1) is 13.7. The molecular weight excluding hydrogens is 242 g/mol. The van der Waals surface area contributed by atoms with Gasteiger partial charge in [0.1, 0.15) is 5.75 Å². The number of rotatable bonds is 4. The van der Waals surface area contributed by atoms with Crippen LogP contribution in [0.3, 0.4) is 0 Å². The molecule has 5 heteroatoms. The zero-order valence-corrected chi connectivity index (χ0v) is 11.5. The Bertz CT molecular complexity index is 462. The molecule has 1 aromatic rings. The summed E-state index contributed by atoms with van der Waals surface area (Å²) in [6.45, 7) is 4.20. The molecule has 1 aliphatic heterocycles. The minimum Gasteiger partial charge on any atom is -0.496 e. The second kappa shape index (κ2) is 5.93. The van der Waals surface area contributed by atoms with Crippen molar-refractivity contribution in [2.45, 2.75) is 25.9 Å². The van der Waals surface area contributed by atoms with Crippen LogP contribution >= 0.6 is 0 Å². The Labute approximate surface area is 113 Å². The average Bonchev–Trinajstić information content (AvgIpc) is 2.76. The quantitative estimate of drug-likeness (QED) is 0.795. The van der Waals surface area contributed by atoms with Crippen molar-refractivity contribution in [3.8, 4) is 5.75 Å². The van der Waals surface area contributed by atoms with Gasteiger partial charge in [-0.25, -0.2) is 0 Å². The Kier molecular flexibility index (Phi) is 4.27. The lowest BCUT2D eigenvalue weighted by molar-refractivity contribution is -0.119. The molecule has 1 aliphatic rings. The number of carbonyl (C=O) groups is 1. The summed E-state index contributed by atoms with van der Waals surface area (Å²) in [7, 11) is 1.67. The van der Waals surface area contributed by atoms with Gasteiger partial charge in [-0.2, -0.15) is 0 Å². The van der Waals surface area contributed by atoms with Gasteiger partial charge >= 0.3 is 0 Å². The Morgan fingerprint density at radius 3 is 3.05 bits per heavy atom. The van der Waals surface area contributed by atoms with Crippen molar-refractivity contribution in [3.05, 3.63) is 23.8 Å². The standard InChI is InChI=1S/C14H21N3O2/c1-10(18)16-13-5-6-17(9-13)8-11-7-12(15)3-4-14(11)19-2/h3-4,7,13H,5-6,8-9,15H2,1-2H3,(H,16,18). The van der Waals surface area contributed by atoms with E-state index < -0.39 is 0 Å². The van der Waals surface area contributed by atoms with Crippen molar-refractivity contribution >= 4 is 11.6 Å². The third-order valence-corrected chi connectivity index (χ3v) is 3.38. The SMILES string of the molecule is COc1ccc(N)cc1CN1CCC(NC(C)=O)C1. The number of nitrogen functional groups attached to an aromatic ring is 1. The Morgan fingerprint density at radius 2 is 2.37 bits per heavy atom. The zero-order valence-electron chi connectivity index (χ0n) is 11.5. The number of likely N-dealkylation sites (tertiary alicyclic amines) is 1. The predicted molar refractivity (Wildman–Crippen MR) is 74.9 cm³/mol. The molecule has 1 amide bonds. The molecule has 5 nitrogen and oxygen atoms in total. The number of carbonyl (C=O) groups excluding carboxylic acids is 1. The summed E-state index contributed by atoms with van der Waals surface area (Å²) >= 11 is 0. The van der Waals surface area contributed by atoms with Gasteiger partial charge < -0.3 is 15.8 Å². The molecule has 0 aromatic heterocycles. The smallest absolute Gasteiger partial charge is 0.217 e. The summed E-state index contributed by atoms with van der Waals surface area (Å²) in [5.41, 5.74) is 7.65. The molecule has 0 bridgehead atoms. The van der Waals surface area contributed by atoms with Crippen LogP contribution < -0.4 is 15.8 Å². The second-order valence-electron chi connectivity index (χ2n) is 4.99. The number of nitrogens with two attached hydrogens (primary N) is 1. The van der Waals surface area contributed by atoms with Gasteiger partial charge in [0.25, 0.3) is 0 Å². The number of amides is 1. The molecule has 0 aliphatic carbocycles. The molecule has 1 heterocycles. The molecule has 0 radical (unpaired) electrons. The fourth-order valence-electron chi connectivity index (χ4n) is 2.54. The molecule has 1 saturated heterocycles. The van der Waals surface area contributed by atoms with Crippen molar-refractivity contribution in [2.75, 3.05) is 25.9 Å². The molecule has 19 heavy (non-hydrogen) atoms. The number of methoxy groups -OCH3 is 1. The van der Waals surface area contributed by atoms with E-state index in [9.17, 15) is 4.79 Å². The Balaban J connectivity index is 1.98. The van der Waals surface area contributed by atoms with Gasteiger partial charge in [-0.05, 0) is 24.6 Å². The lowest BCUT2D eigenvalue weighted by Crippen LogP contribution is -2.35. The van der Waals surface area contributed by atoms with E-state index in [4.69, 9.17) is 10.5 Å². The number of benzene rings is 1. The Hall–Kier alpha value is -1.75. The molecule has 1 unspecified atom stereocenters. The highest BCUT2D eigenvalue weighted by Crippen LogP contribution is 2.24. The van der Waals surface area contributed by atoms with Crippen molar-refractivity contribution in [2.24, 2.45) is 0 Å². The molecule has 2 rings (SSSR count). The van der Waals surface area contributed by atoms with E-state index in [1.165, 1.54) is 0 Å². The van der Waals surface area contributed by atoms with Crippen LogP contribution in [0, 0.1) is 0 Å². The monoisotopic (exact) mass is 263 g/mol. The van der Waals surface area contributed by atoms with Gasteiger partial charge in [0.15, 0.2) is 0 Å².